The van der Waals surface area contributed by atoms with Gasteiger partial charge in [-0.25, -0.2) is 4.39 Å². The molecule has 0 bridgehead atoms. The van der Waals surface area contributed by atoms with Crippen LogP contribution in [-0.4, -0.2) is 19.0 Å². The van der Waals surface area contributed by atoms with E-state index in [1.165, 1.54) is 12.1 Å². The minimum Gasteiger partial charge on any atom is -0.489 e. The molecule has 2 aromatic rings. The van der Waals surface area contributed by atoms with Crippen LogP contribution in [0.15, 0.2) is 48.5 Å². The quantitative estimate of drug-likeness (QED) is 0.825. The Morgan fingerprint density at radius 3 is 2.78 bits per heavy atom. The fourth-order valence-corrected chi connectivity index (χ4v) is 1.98. The Bertz CT molecular complexity index is 661. The number of benzene rings is 2. The van der Waals surface area contributed by atoms with Gasteiger partial charge in [0.15, 0.2) is 0 Å². The van der Waals surface area contributed by atoms with Crippen LogP contribution in [0.3, 0.4) is 0 Å². The molecule has 0 aliphatic carbocycles. The van der Waals surface area contributed by atoms with E-state index < -0.39 is 0 Å². The first kappa shape index (κ1) is 17.0. The molecule has 4 nitrogen and oxygen atoms in total. The maximum Gasteiger partial charge on any atom is 0.251 e. The fraction of sp³-hybridized carbons (Fsp3) is 0.278. The number of hydrogen-bond acceptors (Lipinski definition) is 3. The molecule has 2 aromatic carbocycles. The fourth-order valence-electron chi connectivity index (χ4n) is 1.98. The number of nitrogens with two attached hydrogens (primary N) is 1. The lowest BCUT2D eigenvalue weighted by Crippen LogP contribution is -2.31. The van der Waals surface area contributed by atoms with E-state index in [1.807, 2.05) is 13.0 Å². The molecule has 5 heteroatoms. The van der Waals surface area contributed by atoms with E-state index in [-0.39, 0.29) is 24.2 Å². The van der Waals surface area contributed by atoms with Crippen LogP contribution in [0.25, 0.3) is 0 Å². The average molecular weight is 316 g/mol. The van der Waals surface area contributed by atoms with Crippen LogP contribution in [0.1, 0.15) is 22.8 Å². The number of carbonyl (C=O) groups excluding carboxylic acids is 1. The highest BCUT2D eigenvalue weighted by molar-refractivity contribution is 5.94. The zero-order valence-corrected chi connectivity index (χ0v) is 13.1. The highest BCUT2D eigenvalue weighted by Gasteiger charge is 2.08. The number of amides is 1. The summed E-state index contributed by atoms with van der Waals surface area (Å²) in [5.41, 5.74) is 6.94. The van der Waals surface area contributed by atoms with Crippen molar-refractivity contribution >= 4 is 5.91 Å². The van der Waals surface area contributed by atoms with Crippen molar-refractivity contribution in [3.05, 3.63) is 65.5 Å². The van der Waals surface area contributed by atoms with E-state index in [4.69, 9.17) is 10.5 Å². The van der Waals surface area contributed by atoms with Gasteiger partial charge in [0.1, 0.15) is 18.2 Å². The number of rotatable bonds is 7. The minimum atomic E-state index is -0.343. The number of halogens is 1. The monoisotopic (exact) mass is 316 g/mol. The van der Waals surface area contributed by atoms with Crippen molar-refractivity contribution in [2.24, 2.45) is 11.7 Å². The zero-order chi connectivity index (χ0) is 16.7. The van der Waals surface area contributed by atoms with Crippen LogP contribution < -0.4 is 15.8 Å². The van der Waals surface area contributed by atoms with Crippen molar-refractivity contribution in [1.29, 1.82) is 0 Å². The summed E-state index contributed by atoms with van der Waals surface area (Å²) in [5, 5.41) is 2.85. The van der Waals surface area contributed by atoms with Crippen molar-refractivity contribution in [2.75, 3.05) is 13.1 Å². The third kappa shape index (κ3) is 5.38. The maximum atomic E-state index is 13.1. The lowest BCUT2D eigenvalue weighted by atomic mass is 10.1. The van der Waals surface area contributed by atoms with E-state index in [0.717, 1.165) is 5.56 Å². The zero-order valence-electron chi connectivity index (χ0n) is 13.1. The molecular formula is C18H21FN2O2. The first-order chi connectivity index (χ1) is 11.1. The molecule has 1 atom stereocenters. The Kier molecular flexibility index (Phi) is 6.11. The third-order valence-corrected chi connectivity index (χ3v) is 3.40. The minimum absolute atomic E-state index is 0.141. The van der Waals surface area contributed by atoms with Crippen LogP contribution in [0, 0.1) is 11.7 Å². The van der Waals surface area contributed by atoms with Gasteiger partial charge in [0.05, 0.1) is 0 Å². The summed E-state index contributed by atoms with van der Waals surface area (Å²) in [4.78, 5) is 12.1. The standard InChI is InChI=1S/C18H21FN2O2/c1-13(10-20)11-21-18(22)15-5-2-4-14(8-15)12-23-17-7-3-6-16(19)9-17/h2-9,13H,10-12,20H2,1H3,(H,21,22). The predicted molar refractivity (Wildman–Crippen MR) is 87.7 cm³/mol. The first-order valence-corrected chi connectivity index (χ1v) is 7.54. The van der Waals surface area contributed by atoms with Crippen molar-refractivity contribution < 1.29 is 13.9 Å². The Morgan fingerprint density at radius 1 is 1.26 bits per heavy atom. The molecule has 2 rings (SSSR count). The lowest BCUT2D eigenvalue weighted by Gasteiger charge is -2.11. The van der Waals surface area contributed by atoms with Gasteiger partial charge in [-0.15, -0.1) is 0 Å². The summed E-state index contributed by atoms with van der Waals surface area (Å²) in [5.74, 6) is 0.206. The van der Waals surface area contributed by atoms with E-state index in [2.05, 4.69) is 5.32 Å². The van der Waals surface area contributed by atoms with Crippen LogP contribution in [0.4, 0.5) is 4.39 Å². The Labute approximate surface area is 135 Å². The van der Waals surface area contributed by atoms with Crippen LogP contribution >= 0.6 is 0 Å². The van der Waals surface area contributed by atoms with Gasteiger partial charge in [-0.05, 0) is 42.3 Å². The molecule has 0 aliphatic heterocycles. The van der Waals surface area contributed by atoms with Gasteiger partial charge in [0.2, 0.25) is 0 Å². The molecule has 23 heavy (non-hydrogen) atoms. The van der Waals surface area contributed by atoms with Gasteiger partial charge >= 0.3 is 0 Å². The third-order valence-electron chi connectivity index (χ3n) is 3.40. The molecule has 0 heterocycles. The maximum absolute atomic E-state index is 13.1. The smallest absolute Gasteiger partial charge is 0.251 e. The van der Waals surface area contributed by atoms with Crippen molar-refractivity contribution in [2.45, 2.75) is 13.5 Å². The largest absolute Gasteiger partial charge is 0.489 e. The molecule has 122 valence electrons. The van der Waals surface area contributed by atoms with E-state index >= 15 is 0 Å². The Balaban J connectivity index is 1.95. The van der Waals surface area contributed by atoms with Gasteiger partial charge < -0.3 is 15.8 Å². The second-order valence-electron chi connectivity index (χ2n) is 5.50. The van der Waals surface area contributed by atoms with Gasteiger partial charge in [-0.2, -0.15) is 0 Å². The average Bonchev–Trinajstić information content (AvgIpc) is 2.58. The van der Waals surface area contributed by atoms with Crippen molar-refractivity contribution in [1.82, 2.24) is 5.32 Å². The van der Waals surface area contributed by atoms with E-state index in [1.54, 1.807) is 30.3 Å². The summed E-state index contributed by atoms with van der Waals surface area (Å²) >= 11 is 0. The molecular weight excluding hydrogens is 295 g/mol. The Morgan fingerprint density at radius 2 is 2.04 bits per heavy atom. The SMILES string of the molecule is CC(CN)CNC(=O)c1cccc(COc2cccc(F)c2)c1. The van der Waals surface area contributed by atoms with E-state index in [9.17, 15) is 9.18 Å². The molecule has 0 saturated carbocycles. The first-order valence-electron chi connectivity index (χ1n) is 7.54. The molecule has 1 amide bonds. The molecule has 0 aromatic heterocycles. The van der Waals surface area contributed by atoms with Crippen LogP contribution in [0.5, 0.6) is 5.75 Å². The van der Waals surface area contributed by atoms with Gasteiger partial charge in [-0.1, -0.05) is 25.1 Å². The molecule has 0 spiro atoms. The van der Waals surface area contributed by atoms with E-state index in [0.29, 0.717) is 24.4 Å². The number of hydrogen-bond donors (Lipinski definition) is 2. The highest BCUT2D eigenvalue weighted by atomic mass is 19.1. The second kappa shape index (κ2) is 8.29. The summed E-state index contributed by atoms with van der Waals surface area (Å²) in [6, 6.07) is 13.1. The second-order valence-corrected chi connectivity index (χ2v) is 5.50. The predicted octanol–water partition coefficient (Wildman–Crippen LogP) is 2.73. The summed E-state index contributed by atoms with van der Waals surface area (Å²) in [7, 11) is 0. The van der Waals surface area contributed by atoms with Gasteiger partial charge in [0, 0.05) is 18.2 Å². The van der Waals surface area contributed by atoms with Gasteiger partial charge in [0.25, 0.3) is 5.91 Å². The molecule has 0 aliphatic rings. The number of carbonyl (C=O) groups is 1. The number of ether oxygens (including phenoxy) is 1. The molecule has 0 radical (unpaired) electrons. The van der Waals surface area contributed by atoms with Gasteiger partial charge in [-0.3, -0.25) is 4.79 Å². The normalized spacial score (nSPS) is 11.8. The molecule has 3 N–H and O–H groups in total. The summed E-state index contributed by atoms with van der Waals surface area (Å²) in [6.07, 6.45) is 0. The highest BCUT2D eigenvalue weighted by Crippen LogP contribution is 2.15. The summed E-state index contributed by atoms with van der Waals surface area (Å²) < 4.78 is 18.6. The molecule has 0 saturated heterocycles. The number of nitrogens with one attached hydrogen (secondary N) is 1. The lowest BCUT2D eigenvalue weighted by molar-refractivity contribution is 0.0948. The topological polar surface area (TPSA) is 64.3 Å². The van der Waals surface area contributed by atoms with Crippen LogP contribution in [-0.2, 0) is 6.61 Å². The molecule has 0 fully saturated rings. The molecule has 1 unspecified atom stereocenters. The van der Waals surface area contributed by atoms with Crippen LogP contribution in [0.2, 0.25) is 0 Å². The van der Waals surface area contributed by atoms with Crippen molar-refractivity contribution in [3.63, 3.8) is 0 Å². The Hall–Kier alpha value is -2.40. The van der Waals surface area contributed by atoms with Crippen molar-refractivity contribution in [3.8, 4) is 5.75 Å². The summed E-state index contributed by atoms with van der Waals surface area (Å²) in [6.45, 7) is 3.31.